The molecule has 0 amide bonds. The van der Waals surface area contributed by atoms with Crippen molar-refractivity contribution in [2.24, 2.45) is 0 Å². The third-order valence-corrected chi connectivity index (χ3v) is 9.61. The third kappa shape index (κ3) is 4.38. The van der Waals surface area contributed by atoms with Crippen LogP contribution in [0.5, 0.6) is 0 Å². The summed E-state index contributed by atoms with van der Waals surface area (Å²) in [4.78, 5) is 3.69. The zero-order valence-corrected chi connectivity index (χ0v) is 26.7. The van der Waals surface area contributed by atoms with E-state index in [0.717, 1.165) is 66.5 Å². The summed E-state index contributed by atoms with van der Waals surface area (Å²) in [5, 5.41) is 24.5. The van der Waals surface area contributed by atoms with E-state index in [2.05, 4.69) is 111 Å². The van der Waals surface area contributed by atoms with Crippen LogP contribution in [0.4, 0.5) is 5.69 Å². The molecule has 0 atom stereocenters. The van der Waals surface area contributed by atoms with Gasteiger partial charge in [-0.1, -0.05) is 78.9 Å². The van der Waals surface area contributed by atoms with Gasteiger partial charge in [-0.05, 0) is 94.9 Å². The summed E-state index contributed by atoms with van der Waals surface area (Å²) in [6, 6.07) is 55.6. The van der Waals surface area contributed by atoms with Crippen LogP contribution >= 0.6 is 0 Å². The number of fused-ring (bicyclic) bond motifs is 6. The molecule has 2 aromatic heterocycles. The fraction of sp³-hybridized carbons (Fsp3) is 0. The first-order chi connectivity index (χ1) is 24.7. The van der Waals surface area contributed by atoms with Crippen molar-refractivity contribution >= 4 is 49.3 Å². The van der Waals surface area contributed by atoms with Gasteiger partial charge in [-0.2, -0.15) is 10.5 Å². The first-order valence-corrected chi connectivity index (χ1v) is 16.3. The van der Waals surface area contributed by atoms with Gasteiger partial charge in [-0.15, -0.1) is 0 Å². The molecule has 2 heterocycles. The molecular formula is C45H25N5. The fourth-order valence-corrected chi connectivity index (χ4v) is 7.39. The molecule has 0 aliphatic heterocycles. The van der Waals surface area contributed by atoms with Crippen LogP contribution < -0.4 is 0 Å². The first kappa shape index (κ1) is 28.8. The van der Waals surface area contributed by atoms with E-state index in [1.165, 1.54) is 10.8 Å². The van der Waals surface area contributed by atoms with Gasteiger partial charge in [0.25, 0.3) is 0 Å². The van der Waals surface area contributed by atoms with Gasteiger partial charge in [0.05, 0.1) is 57.6 Å². The second-order valence-electron chi connectivity index (χ2n) is 12.3. The van der Waals surface area contributed by atoms with Crippen molar-refractivity contribution in [2.75, 3.05) is 0 Å². The van der Waals surface area contributed by atoms with Crippen molar-refractivity contribution in [2.45, 2.75) is 0 Å². The van der Waals surface area contributed by atoms with Gasteiger partial charge in [-0.25, -0.2) is 4.85 Å². The number of para-hydroxylation sites is 3. The Labute approximate surface area is 288 Å². The lowest BCUT2D eigenvalue weighted by atomic mass is 9.91. The Bertz CT molecular complexity index is 2900. The van der Waals surface area contributed by atoms with Crippen LogP contribution in [0.1, 0.15) is 11.1 Å². The Morgan fingerprint density at radius 3 is 1.62 bits per heavy atom. The normalized spacial score (nSPS) is 11.1. The van der Waals surface area contributed by atoms with Crippen LogP contribution in [0.3, 0.4) is 0 Å². The Balaban J connectivity index is 1.27. The lowest BCUT2D eigenvalue weighted by molar-refractivity contribution is 1.18. The minimum Gasteiger partial charge on any atom is -0.309 e. The third-order valence-electron chi connectivity index (χ3n) is 9.61. The van der Waals surface area contributed by atoms with E-state index in [1.54, 1.807) is 0 Å². The second kappa shape index (κ2) is 11.4. The monoisotopic (exact) mass is 635 g/mol. The van der Waals surface area contributed by atoms with E-state index in [-0.39, 0.29) is 0 Å². The molecule has 9 rings (SSSR count). The van der Waals surface area contributed by atoms with Gasteiger partial charge in [0.1, 0.15) is 0 Å². The van der Waals surface area contributed by atoms with Gasteiger partial charge in [-0.3, -0.25) is 0 Å². The van der Waals surface area contributed by atoms with E-state index in [1.807, 2.05) is 66.7 Å². The summed E-state index contributed by atoms with van der Waals surface area (Å²) in [5.74, 6) is 0. The van der Waals surface area contributed by atoms with Gasteiger partial charge < -0.3 is 9.13 Å². The molecule has 0 radical (unpaired) electrons. The van der Waals surface area contributed by atoms with Gasteiger partial charge in [0.2, 0.25) is 0 Å². The molecule has 50 heavy (non-hydrogen) atoms. The molecule has 9 aromatic rings. The van der Waals surface area contributed by atoms with Gasteiger partial charge in [0.15, 0.2) is 5.69 Å². The number of benzene rings is 7. The lowest BCUT2D eigenvalue weighted by Crippen LogP contribution is -1.99. The lowest BCUT2D eigenvalue weighted by Gasteiger charge is -2.18. The zero-order chi connectivity index (χ0) is 33.8. The minimum atomic E-state index is 0.523. The molecule has 0 bridgehead atoms. The highest BCUT2D eigenvalue weighted by Gasteiger charge is 2.20. The first-order valence-electron chi connectivity index (χ1n) is 16.3. The predicted octanol–water partition coefficient (Wildman–Crippen LogP) is 11.5. The molecule has 0 N–H and O–H groups in total. The van der Waals surface area contributed by atoms with Crippen molar-refractivity contribution in [1.29, 1.82) is 10.5 Å². The quantitative estimate of drug-likeness (QED) is 0.181. The SMILES string of the molecule is [C-]#[N+]c1ccc2c(c1)c1ccccc1n2-c1ccc(C#N)cc1-c1cc(C#N)ccc1-c1ccc(-n2c3ccccc3c3ccccc32)cc1. The van der Waals surface area contributed by atoms with E-state index in [0.29, 0.717) is 16.8 Å². The molecule has 0 saturated heterocycles. The number of hydrogen-bond acceptors (Lipinski definition) is 2. The summed E-state index contributed by atoms with van der Waals surface area (Å²) in [6.45, 7) is 7.62. The second-order valence-corrected chi connectivity index (χ2v) is 12.3. The van der Waals surface area contributed by atoms with E-state index in [9.17, 15) is 10.5 Å². The van der Waals surface area contributed by atoms with Crippen molar-refractivity contribution in [3.63, 3.8) is 0 Å². The average molecular weight is 636 g/mol. The van der Waals surface area contributed by atoms with Gasteiger partial charge in [0, 0.05) is 27.4 Å². The number of nitriles is 2. The Morgan fingerprint density at radius 1 is 0.460 bits per heavy atom. The Kier molecular flexibility index (Phi) is 6.56. The maximum absolute atomic E-state index is 10.1. The number of aromatic nitrogens is 2. The predicted molar refractivity (Wildman–Crippen MR) is 202 cm³/mol. The van der Waals surface area contributed by atoms with Crippen molar-refractivity contribution < 1.29 is 0 Å². The van der Waals surface area contributed by atoms with Crippen molar-refractivity contribution in [1.82, 2.24) is 9.13 Å². The number of nitrogens with zero attached hydrogens (tertiary/aromatic N) is 5. The highest BCUT2D eigenvalue weighted by Crippen LogP contribution is 2.42. The molecule has 230 valence electrons. The summed E-state index contributed by atoms with van der Waals surface area (Å²) < 4.78 is 4.49. The standard InChI is InChI=1S/C45H25N5/c1-48-32-18-23-45-40(26-32)37-10-4-7-13-43(37)50(45)44-22-15-30(28-47)25-39(44)38-24-29(27-46)14-21-34(38)31-16-19-33(20-17-31)49-41-11-5-2-8-35(41)36-9-3-6-12-42(36)49/h2-26H. The molecule has 5 heteroatoms. The maximum atomic E-state index is 10.1. The molecule has 0 aliphatic rings. The number of hydrogen-bond donors (Lipinski definition) is 0. The average Bonchev–Trinajstić information content (AvgIpc) is 3.70. The summed E-state index contributed by atoms with van der Waals surface area (Å²) in [5.41, 5.74) is 11.4. The molecule has 0 aliphatic carbocycles. The summed E-state index contributed by atoms with van der Waals surface area (Å²) >= 11 is 0. The van der Waals surface area contributed by atoms with Crippen LogP contribution in [0.25, 0.3) is 82.1 Å². The maximum Gasteiger partial charge on any atom is 0.188 e. The Hall–Kier alpha value is -7.39. The minimum absolute atomic E-state index is 0.523. The van der Waals surface area contributed by atoms with Crippen LogP contribution in [-0.4, -0.2) is 9.13 Å². The molecule has 0 unspecified atom stereocenters. The van der Waals surface area contributed by atoms with Crippen molar-refractivity contribution in [3.05, 3.63) is 174 Å². The smallest absolute Gasteiger partial charge is 0.188 e. The van der Waals surface area contributed by atoms with Gasteiger partial charge >= 0.3 is 0 Å². The summed E-state index contributed by atoms with van der Waals surface area (Å²) in [6.07, 6.45) is 0. The molecule has 0 fully saturated rings. The van der Waals surface area contributed by atoms with E-state index in [4.69, 9.17) is 6.57 Å². The summed E-state index contributed by atoms with van der Waals surface area (Å²) in [7, 11) is 0. The Morgan fingerprint density at radius 2 is 1.00 bits per heavy atom. The fourth-order valence-electron chi connectivity index (χ4n) is 7.39. The van der Waals surface area contributed by atoms with Crippen LogP contribution in [0.15, 0.2) is 152 Å². The molecule has 0 spiro atoms. The van der Waals surface area contributed by atoms with Crippen LogP contribution in [0.2, 0.25) is 0 Å². The molecule has 0 saturated carbocycles. The topological polar surface area (TPSA) is 61.8 Å². The molecule has 5 nitrogen and oxygen atoms in total. The van der Waals surface area contributed by atoms with Crippen LogP contribution in [0, 0.1) is 29.2 Å². The highest BCUT2D eigenvalue weighted by atomic mass is 15.0. The highest BCUT2D eigenvalue weighted by molar-refractivity contribution is 6.11. The number of rotatable bonds is 4. The molecular weight excluding hydrogens is 611 g/mol. The van der Waals surface area contributed by atoms with E-state index < -0.39 is 0 Å². The van der Waals surface area contributed by atoms with E-state index >= 15 is 0 Å². The zero-order valence-electron chi connectivity index (χ0n) is 26.7. The van der Waals surface area contributed by atoms with Crippen molar-refractivity contribution in [3.8, 4) is 45.8 Å². The molecule has 7 aromatic carbocycles. The largest absolute Gasteiger partial charge is 0.309 e. The van der Waals surface area contributed by atoms with Crippen LogP contribution in [-0.2, 0) is 0 Å².